The summed E-state index contributed by atoms with van der Waals surface area (Å²) < 4.78 is 30.7. The van der Waals surface area contributed by atoms with Gasteiger partial charge in [0.15, 0.2) is 0 Å². The Morgan fingerprint density at radius 3 is 2.21 bits per heavy atom. The van der Waals surface area contributed by atoms with Crippen molar-refractivity contribution in [2.24, 2.45) is 0 Å². The molecule has 0 aliphatic carbocycles. The highest BCUT2D eigenvalue weighted by molar-refractivity contribution is 5.39. The quantitative estimate of drug-likeness (QED) is 0.825. The van der Waals surface area contributed by atoms with Crippen LogP contribution in [0.15, 0.2) is 18.2 Å². The normalized spacial score (nSPS) is 18.6. The van der Waals surface area contributed by atoms with Crippen molar-refractivity contribution in [3.05, 3.63) is 29.3 Å². The fraction of sp³-hybridized carbons (Fsp3) is 0.667. The molecule has 1 unspecified atom stereocenters. The van der Waals surface area contributed by atoms with Gasteiger partial charge in [-0.1, -0.05) is 18.2 Å². The van der Waals surface area contributed by atoms with Crippen LogP contribution in [-0.4, -0.2) is 73.3 Å². The second kappa shape index (κ2) is 9.30. The molecule has 1 fully saturated rings. The second-order valence-electron chi connectivity index (χ2n) is 6.53. The van der Waals surface area contributed by atoms with Gasteiger partial charge >= 0.3 is 0 Å². The molecule has 136 valence electrons. The van der Waals surface area contributed by atoms with Crippen molar-refractivity contribution in [2.45, 2.75) is 32.8 Å². The summed E-state index contributed by atoms with van der Waals surface area (Å²) in [6.07, 6.45) is -2.03. The number of aliphatic hydroxyl groups is 1. The fourth-order valence-electron chi connectivity index (χ4n) is 3.14. The number of halogens is 2. The minimum Gasteiger partial charge on any atom is -0.490 e. The van der Waals surface area contributed by atoms with Crippen molar-refractivity contribution in [3.8, 4) is 5.75 Å². The standard InChI is InChI=1S/C18H28F2N2O2/c1-14-5-3-6-15(2)18(14)24-13-16(23)11-21-7-4-8-22(10-9-21)12-17(19)20/h3,5-6,16-17,23H,4,7-13H2,1-2H3. The van der Waals surface area contributed by atoms with E-state index in [1.165, 1.54) is 0 Å². The molecule has 0 saturated carbocycles. The summed E-state index contributed by atoms with van der Waals surface area (Å²) in [6, 6.07) is 5.96. The van der Waals surface area contributed by atoms with E-state index in [0.717, 1.165) is 29.8 Å². The van der Waals surface area contributed by atoms with Gasteiger partial charge in [0.05, 0.1) is 6.54 Å². The molecule has 1 aliphatic heterocycles. The highest BCUT2D eigenvalue weighted by Gasteiger charge is 2.20. The first-order chi connectivity index (χ1) is 11.5. The Morgan fingerprint density at radius 2 is 1.62 bits per heavy atom. The maximum Gasteiger partial charge on any atom is 0.251 e. The van der Waals surface area contributed by atoms with Crippen LogP contribution in [0.3, 0.4) is 0 Å². The molecule has 1 aromatic carbocycles. The van der Waals surface area contributed by atoms with Crippen LogP contribution in [0.25, 0.3) is 0 Å². The number of alkyl halides is 2. The minimum atomic E-state index is -2.28. The summed E-state index contributed by atoms with van der Waals surface area (Å²) in [6.45, 7) is 7.39. The smallest absolute Gasteiger partial charge is 0.251 e. The first kappa shape index (κ1) is 19.1. The molecule has 1 atom stereocenters. The SMILES string of the molecule is Cc1cccc(C)c1OCC(O)CN1CCCN(CC(F)F)CC1. The van der Waals surface area contributed by atoms with Crippen LogP contribution in [-0.2, 0) is 0 Å². The van der Waals surface area contributed by atoms with Crippen molar-refractivity contribution in [1.29, 1.82) is 0 Å². The molecule has 6 heteroatoms. The summed E-state index contributed by atoms with van der Waals surface area (Å²) in [7, 11) is 0. The minimum absolute atomic E-state index is 0.161. The van der Waals surface area contributed by atoms with E-state index in [-0.39, 0.29) is 13.2 Å². The second-order valence-corrected chi connectivity index (χ2v) is 6.53. The Hall–Kier alpha value is -1.24. The largest absolute Gasteiger partial charge is 0.490 e. The molecule has 1 aliphatic rings. The fourth-order valence-corrected chi connectivity index (χ4v) is 3.14. The molecule has 0 amide bonds. The van der Waals surface area contributed by atoms with Crippen molar-refractivity contribution in [2.75, 3.05) is 45.9 Å². The number of rotatable bonds is 7. The molecule has 24 heavy (non-hydrogen) atoms. The summed E-state index contributed by atoms with van der Waals surface area (Å²) in [5.74, 6) is 0.829. The number of nitrogens with zero attached hydrogens (tertiary/aromatic N) is 2. The van der Waals surface area contributed by atoms with Crippen LogP contribution in [0.2, 0.25) is 0 Å². The summed E-state index contributed by atoms with van der Waals surface area (Å²) in [4.78, 5) is 3.93. The number of aliphatic hydroxyl groups excluding tert-OH is 1. The van der Waals surface area contributed by atoms with Gasteiger partial charge in [0.25, 0.3) is 6.43 Å². The molecule has 1 N–H and O–H groups in total. The van der Waals surface area contributed by atoms with Gasteiger partial charge in [-0.3, -0.25) is 9.80 Å². The Labute approximate surface area is 143 Å². The molecule has 0 aromatic heterocycles. The predicted octanol–water partition coefficient (Wildman–Crippen LogP) is 2.32. The van der Waals surface area contributed by atoms with Crippen LogP contribution in [0.4, 0.5) is 8.78 Å². The molecule has 4 nitrogen and oxygen atoms in total. The van der Waals surface area contributed by atoms with E-state index in [2.05, 4.69) is 4.90 Å². The molecule has 0 spiro atoms. The van der Waals surface area contributed by atoms with E-state index in [1.807, 2.05) is 32.0 Å². The highest BCUT2D eigenvalue weighted by Crippen LogP contribution is 2.22. The number of para-hydroxylation sites is 1. The van der Waals surface area contributed by atoms with Crippen molar-refractivity contribution in [3.63, 3.8) is 0 Å². The molecule has 0 bridgehead atoms. The van der Waals surface area contributed by atoms with Crippen LogP contribution < -0.4 is 4.74 Å². The van der Waals surface area contributed by atoms with E-state index in [0.29, 0.717) is 26.2 Å². The number of aryl methyl sites for hydroxylation is 2. The van der Waals surface area contributed by atoms with Gasteiger partial charge in [-0.25, -0.2) is 8.78 Å². The van der Waals surface area contributed by atoms with E-state index in [4.69, 9.17) is 4.74 Å². The summed E-state index contributed by atoms with van der Waals surface area (Å²) in [5, 5.41) is 10.2. The van der Waals surface area contributed by atoms with Gasteiger partial charge in [-0.05, 0) is 44.5 Å². The molecular formula is C18H28F2N2O2. The van der Waals surface area contributed by atoms with Crippen LogP contribution in [0, 0.1) is 13.8 Å². The first-order valence-electron chi connectivity index (χ1n) is 8.55. The van der Waals surface area contributed by atoms with Crippen LogP contribution in [0.5, 0.6) is 5.75 Å². The number of hydrogen-bond acceptors (Lipinski definition) is 4. The lowest BCUT2D eigenvalue weighted by molar-refractivity contribution is 0.0658. The molecule has 2 rings (SSSR count). The average molecular weight is 342 g/mol. The van der Waals surface area contributed by atoms with Gasteiger partial charge in [-0.2, -0.15) is 0 Å². The van der Waals surface area contributed by atoms with Gasteiger partial charge < -0.3 is 9.84 Å². The third kappa shape index (κ3) is 6.00. The van der Waals surface area contributed by atoms with E-state index < -0.39 is 12.5 Å². The molecular weight excluding hydrogens is 314 g/mol. The lowest BCUT2D eigenvalue weighted by Crippen LogP contribution is -2.38. The number of hydrogen-bond donors (Lipinski definition) is 1. The average Bonchev–Trinajstić information content (AvgIpc) is 2.71. The van der Waals surface area contributed by atoms with E-state index in [1.54, 1.807) is 4.90 Å². The van der Waals surface area contributed by atoms with Crippen LogP contribution in [0.1, 0.15) is 17.5 Å². The van der Waals surface area contributed by atoms with Crippen molar-refractivity contribution < 1.29 is 18.6 Å². The first-order valence-corrected chi connectivity index (χ1v) is 8.55. The maximum absolute atomic E-state index is 12.5. The van der Waals surface area contributed by atoms with Gasteiger partial charge in [0.2, 0.25) is 0 Å². The van der Waals surface area contributed by atoms with E-state index in [9.17, 15) is 13.9 Å². The number of ether oxygens (including phenoxy) is 1. The summed E-state index contributed by atoms with van der Waals surface area (Å²) >= 11 is 0. The molecule has 1 aromatic rings. The molecule has 0 radical (unpaired) electrons. The van der Waals surface area contributed by atoms with Gasteiger partial charge in [-0.15, -0.1) is 0 Å². The Bertz CT molecular complexity index is 494. The molecule has 1 saturated heterocycles. The molecule has 1 heterocycles. The monoisotopic (exact) mass is 342 g/mol. The Balaban J connectivity index is 1.77. The predicted molar refractivity (Wildman–Crippen MR) is 90.9 cm³/mol. The zero-order valence-electron chi connectivity index (χ0n) is 14.5. The zero-order valence-corrected chi connectivity index (χ0v) is 14.5. The Kier molecular flexibility index (Phi) is 7.40. The van der Waals surface area contributed by atoms with Crippen molar-refractivity contribution >= 4 is 0 Å². The van der Waals surface area contributed by atoms with Gasteiger partial charge in [0, 0.05) is 19.6 Å². The van der Waals surface area contributed by atoms with Gasteiger partial charge in [0.1, 0.15) is 18.5 Å². The number of β-amino-alcohol motifs (C(OH)–C–C–N with tert-alkyl or cyclic N) is 1. The number of benzene rings is 1. The third-order valence-electron chi connectivity index (χ3n) is 4.38. The lowest BCUT2D eigenvalue weighted by Gasteiger charge is -2.24. The third-order valence-corrected chi connectivity index (χ3v) is 4.38. The maximum atomic E-state index is 12.5. The van der Waals surface area contributed by atoms with Crippen LogP contribution >= 0.6 is 0 Å². The lowest BCUT2D eigenvalue weighted by atomic mass is 10.1. The topological polar surface area (TPSA) is 35.9 Å². The van der Waals surface area contributed by atoms with E-state index >= 15 is 0 Å². The highest BCUT2D eigenvalue weighted by atomic mass is 19.3. The Morgan fingerprint density at radius 1 is 1.04 bits per heavy atom. The summed E-state index contributed by atoms with van der Waals surface area (Å²) in [5.41, 5.74) is 2.11. The zero-order chi connectivity index (χ0) is 17.5. The van der Waals surface area contributed by atoms with Crippen molar-refractivity contribution in [1.82, 2.24) is 9.80 Å².